The molecule has 18 heavy (non-hydrogen) atoms. The number of benzene rings is 3. The fraction of sp³-hybridized carbons (Fsp3) is 0.0588. The van der Waals surface area contributed by atoms with Gasteiger partial charge in [-0.05, 0) is 29.0 Å². The van der Waals surface area contributed by atoms with Crippen LogP contribution < -0.4 is 0 Å². The number of rotatable bonds is 2. The van der Waals surface area contributed by atoms with Gasteiger partial charge in [0.15, 0.2) is 0 Å². The highest BCUT2D eigenvalue weighted by Crippen LogP contribution is 2.29. The van der Waals surface area contributed by atoms with Crippen LogP contribution in [0.1, 0.15) is 11.1 Å². The van der Waals surface area contributed by atoms with Crippen LogP contribution >= 0.6 is 0 Å². The molecule has 3 aromatic carbocycles. The molecule has 0 bridgehead atoms. The molecule has 3 aromatic rings. The molecule has 0 amide bonds. The van der Waals surface area contributed by atoms with Crippen molar-refractivity contribution in [2.45, 2.75) is 6.42 Å². The minimum Gasteiger partial charge on any atom is -0.507 e. The van der Waals surface area contributed by atoms with Crippen molar-refractivity contribution < 1.29 is 5.11 Å². The number of hydrogen-bond acceptors (Lipinski definition) is 1. The number of hydrogen-bond donors (Lipinski definition) is 1. The van der Waals surface area contributed by atoms with E-state index in [0.29, 0.717) is 5.75 Å². The van der Waals surface area contributed by atoms with E-state index >= 15 is 0 Å². The third-order valence-corrected chi connectivity index (χ3v) is 3.21. The van der Waals surface area contributed by atoms with E-state index in [9.17, 15) is 5.11 Å². The molecule has 0 saturated carbocycles. The second kappa shape index (κ2) is 4.53. The Kier molecular flexibility index (Phi) is 2.73. The van der Waals surface area contributed by atoms with Crippen molar-refractivity contribution in [3.8, 4) is 5.75 Å². The van der Waals surface area contributed by atoms with Gasteiger partial charge in [0.1, 0.15) is 5.75 Å². The van der Waals surface area contributed by atoms with E-state index in [0.717, 1.165) is 22.8 Å². The Morgan fingerprint density at radius 3 is 2.22 bits per heavy atom. The number of phenols is 1. The molecule has 1 nitrogen and oxygen atoms in total. The van der Waals surface area contributed by atoms with E-state index < -0.39 is 0 Å². The molecule has 1 N–H and O–H groups in total. The largest absolute Gasteiger partial charge is 0.507 e. The highest BCUT2D eigenvalue weighted by atomic mass is 16.3. The molecule has 0 aromatic heterocycles. The molecule has 0 saturated heterocycles. The predicted molar refractivity (Wildman–Crippen MR) is 74.9 cm³/mol. The Bertz CT molecular complexity index is 666. The third kappa shape index (κ3) is 1.95. The van der Waals surface area contributed by atoms with Crippen LogP contribution in [0.3, 0.4) is 0 Å². The quantitative estimate of drug-likeness (QED) is 0.706. The van der Waals surface area contributed by atoms with Crippen LogP contribution in [0, 0.1) is 0 Å². The Balaban J connectivity index is 2.12. The second-order valence-electron chi connectivity index (χ2n) is 4.45. The topological polar surface area (TPSA) is 20.2 Å². The maximum atomic E-state index is 10.0. The van der Waals surface area contributed by atoms with E-state index in [1.165, 1.54) is 5.56 Å². The monoisotopic (exact) mass is 234 g/mol. The first kappa shape index (κ1) is 10.8. The maximum absolute atomic E-state index is 10.0. The van der Waals surface area contributed by atoms with Crippen molar-refractivity contribution in [2.24, 2.45) is 0 Å². The summed E-state index contributed by atoms with van der Waals surface area (Å²) in [5.74, 6) is 0.360. The Morgan fingerprint density at radius 1 is 0.722 bits per heavy atom. The Morgan fingerprint density at radius 2 is 1.44 bits per heavy atom. The van der Waals surface area contributed by atoms with Crippen molar-refractivity contribution in [3.63, 3.8) is 0 Å². The van der Waals surface area contributed by atoms with Crippen LogP contribution in [0.5, 0.6) is 5.75 Å². The number of aromatic hydroxyl groups is 1. The molecule has 0 aliphatic heterocycles. The van der Waals surface area contributed by atoms with Gasteiger partial charge in [-0.25, -0.2) is 0 Å². The summed E-state index contributed by atoms with van der Waals surface area (Å²) in [6.45, 7) is 0. The molecule has 88 valence electrons. The zero-order chi connectivity index (χ0) is 12.4. The van der Waals surface area contributed by atoms with Crippen molar-refractivity contribution >= 4 is 10.8 Å². The average Bonchev–Trinajstić information content (AvgIpc) is 2.40. The van der Waals surface area contributed by atoms with Gasteiger partial charge in [-0.3, -0.25) is 0 Å². The molecule has 0 fully saturated rings. The summed E-state index contributed by atoms with van der Waals surface area (Å²) in [4.78, 5) is 0. The predicted octanol–water partition coefficient (Wildman–Crippen LogP) is 4.14. The number of phenolic OH excluding ortho intramolecular Hbond substituents is 1. The van der Waals surface area contributed by atoms with Gasteiger partial charge in [0.05, 0.1) is 0 Å². The first-order valence-corrected chi connectivity index (χ1v) is 6.08. The van der Waals surface area contributed by atoms with Gasteiger partial charge in [0, 0.05) is 5.39 Å². The fourth-order valence-corrected chi connectivity index (χ4v) is 2.36. The summed E-state index contributed by atoms with van der Waals surface area (Å²) in [6.07, 6.45) is 0.843. The van der Waals surface area contributed by atoms with E-state index in [1.807, 2.05) is 42.5 Å². The van der Waals surface area contributed by atoms with Gasteiger partial charge < -0.3 is 5.11 Å². The molecule has 0 spiro atoms. The van der Waals surface area contributed by atoms with Crippen molar-refractivity contribution in [3.05, 3.63) is 77.9 Å². The van der Waals surface area contributed by atoms with Crippen LogP contribution in [0.4, 0.5) is 0 Å². The molecule has 0 radical (unpaired) electrons. The van der Waals surface area contributed by atoms with Crippen LogP contribution in [0.25, 0.3) is 10.8 Å². The summed E-state index contributed by atoms with van der Waals surface area (Å²) in [7, 11) is 0. The van der Waals surface area contributed by atoms with Gasteiger partial charge in [0.25, 0.3) is 0 Å². The summed E-state index contributed by atoms with van der Waals surface area (Å²) >= 11 is 0. The molecular weight excluding hydrogens is 220 g/mol. The van der Waals surface area contributed by atoms with E-state index in [-0.39, 0.29) is 0 Å². The van der Waals surface area contributed by atoms with Gasteiger partial charge in [-0.15, -0.1) is 0 Å². The molecule has 0 heterocycles. The van der Waals surface area contributed by atoms with Gasteiger partial charge >= 0.3 is 0 Å². The van der Waals surface area contributed by atoms with E-state index in [2.05, 4.69) is 18.2 Å². The molecule has 0 unspecified atom stereocenters. The standard InChI is InChI=1S/C17H14O/c18-16-11-5-9-14-8-4-10-15(17(14)16)12-13-6-2-1-3-7-13/h1-11,18H,12H2. The smallest absolute Gasteiger partial charge is 0.123 e. The molecule has 1 heteroatoms. The Labute approximate surface area is 106 Å². The first-order chi connectivity index (χ1) is 8.84. The first-order valence-electron chi connectivity index (χ1n) is 6.08. The SMILES string of the molecule is Oc1cccc2cccc(Cc3ccccc3)c12. The lowest BCUT2D eigenvalue weighted by Gasteiger charge is -2.08. The molecule has 0 aliphatic carbocycles. The normalized spacial score (nSPS) is 10.7. The lowest BCUT2D eigenvalue weighted by molar-refractivity contribution is 0.481. The van der Waals surface area contributed by atoms with Crippen LogP contribution in [0.2, 0.25) is 0 Å². The summed E-state index contributed by atoms with van der Waals surface area (Å²) in [6, 6.07) is 22.1. The number of fused-ring (bicyclic) bond motifs is 1. The lowest BCUT2D eigenvalue weighted by atomic mass is 9.98. The van der Waals surface area contributed by atoms with Gasteiger partial charge in [0.2, 0.25) is 0 Å². The molecular formula is C17H14O. The van der Waals surface area contributed by atoms with Crippen LogP contribution in [0.15, 0.2) is 66.7 Å². The van der Waals surface area contributed by atoms with Crippen LogP contribution in [-0.2, 0) is 6.42 Å². The van der Waals surface area contributed by atoms with Crippen molar-refractivity contribution in [1.29, 1.82) is 0 Å². The van der Waals surface area contributed by atoms with Crippen LogP contribution in [-0.4, -0.2) is 5.11 Å². The van der Waals surface area contributed by atoms with E-state index in [4.69, 9.17) is 0 Å². The molecule has 3 rings (SSSR count). The highest BCUT2D eigenvalue weighted by Gasteiger charge is 2.05. The zero-order valence-electron chi connectivity index (χ0n) is 10.0. The van der Waals surface area contributed by atoms with Crippen molar-refractivity contribution in [2.75, 3.05) is 0 Å². The van der Waals surface area contributed by atoms with Gasteiger partial charge in [-0.1, -0.05) is 60.7 Å². The van der Waals surface area contributed by atoms with Gasteiger partial charge in [-0.2, -0.15) is 0 Å². The molecule has 0 aliphatic rings. The van der Waals surface area contributed by atoms with E-state index in [1.54, 1.807) is 6.07 Å². The maximum Gasteiger partial charge on any atom is 0.123 e. The lowest BCUT2D eigenvalue weighted by Crippen LogP contribution is -1.89. The summed E-state index contributed by atoms with van der Waals surface area (Å²) < 4.78 is 0. The summed E-state index contributed by atoms with van der Waals surface area (Å²) in [5.41, 5.74) is 2.42. The fourth-order valence-electron chi connectivity index (χ4n) is 2.36. The highest BCUT2D eigenvalue weighted by molar-refractivity contribution is 5.91. The minimum atomic E-state index is 0.360. The second-order valence-corrected chi connectivity index (χ2v) is 4.45. The van der Waals surface area contributed by atoms with Crippen molar-refractivity contribution in [1.82, 2.24) is 0 Å². The molecule has 0 atom stereocenters. The zero-order valence-corrected chi connectivity index (χ0v) is 10.0. The Hall–Kier alpha value is -2.28. The minimum absolute atomic E-state index is 0.360. The summed E-state index contributed by atoms with van der Waals surface area (Å²) in [5, 5.41) is 12.1. The third-order valence-electron chi connectivity index (χ3n) is 3.21. The average molecular weight is 234 g/mol.